The van der Waals surface area contributed by atoms with E-state index < -0.39 is 5.54 Å². The van der Waals surface area contributed by atoms with Crippen LogP contribution >= 0.6 is 0 Å². The monoisotopic (exact) mass is 355 g/mol. The van der Waals surface area contributed by atoms with E-state index >= 15 is 0 Å². The molecule has 0 fully saturated rings. The fourth-order valence-electron chi connectivity index (χ4n) is 3.20. The number of hydrogen-bond donors (Lipinski definition) is 1. The van der Waals surface area contributed by atoms with Crippen molar-refractivity contribution in [3.63, 3.8) is 0 Å². The van der Waals surface area contributed by atoms with E-state index in [0.29, 0.717) is 18.2 Å². The van der Waals surface area contributed by atoms with Gasteiger partial charge in [0, 0.05) is 5.56 Å². The highest BCUT2D eigenvalue weighted by molar-refractivity contribution is 5.79. The number of hydrogen-bond acceptors (Lipinski definition) is 4. The molecule has 0 aliphatic heterocycles. The number of nitrogens with two attached hydrogens (primary N) is 1. The van der Waals surface area contributed by atoms with Gasteiger partial charge in [0.15, 0.2) is 0 Å². The summed E-state index contributed by atoms with van der Waals surface area (Å²) >= 11 is 0. The van der Waals surface area contributed by atoms with Crippen molar-refractivity contribution in [1.82, 2.24) is 10.2 Å². The van der Waals surface area contributed by atoms with Crippen LogP contribution in [0.15, 0.2) is 89.3 Å². The van der Waals surface area contributed by atoms with Gasteiger partial charge >= 0.3 is 0 Å². The van der Waals surface area contributed by atoms with Gasteiger partial charge < -0.3 is 10.2 Å². The summed E-state index contributed by atoms with van der Waals surface area (Å²) in [6.07, 6.45) is 0.621. The molecule has 4 nitrogen and oxygen atoms in total. The van der Waals surface area contributed by atoms with Crippen LogP contribution in [0, 0.1) is 0 Å². The molecular weight excluding hydrogens is 334 g/mol. The summed E-state index contributed by atoms with van der Waals surface area (Å²) in [5, 5.41) is 8.54. The molecular formula is C23H21N3O. The van der Waals surface area contributed by atoms with Crippen molar-refractivity contribution in [2.75, 3.05) is 0 Å². The van der Waals surface area contributed by atoms with Crippen LogP contribution in [0.2, 0.25) is 0 Å². The van der Waals surface area contributed by atoms with Crippen LogP contribution in [0.25, 0.3) is 22.6 Å². The first-order valence-electron chi connectivity index (χ1n) is 8.95. The number of rotatable bonds is 5. The molecule has 1 heterocycles. The lowest BCUT2D eigenvalue weighted by atomic mass is 9.94. The van der Waals surface area contributed by atoms with E-state index in [1.165, 1.54) is 0 Å². The highest BCUT2D eigenvalue weighted by Gasteiger charge is 2.29. The molecule has 134 valence electrons. The summed E-state index contributed by atoms with van der Waals surface area (Å²) < 4.78 is 6.02. The van der Waals surface area contributed by atoms with Crippen molar-refractivity contribution >= 4 is 0 Å². The SMILES string of the molecule is C[C@](N)(Cc1ccccc1)c1nnc(-c2ccccc2-c2ccccc2)o1. The van der Waals surface area contributed by atoms with Crippen LogP contribution < -0.4 is 5.73 Å². The Morgan fingerprint density at radius 3 is 2.07 bits per heavy atom. The van der Waals surface area contributed by atoms with Gasteiger partial charge in [0.1, 0.15) is 0 Å². The smallest absolute Gasteiger partial charge is 0.248 e. The molecule has 4 heteroatoms. The van der Waals surface area contributed by atoms with E-state index in [4.69, 9.17) is 10.2 Å². The molecule has 2 N–H and O–H groups in total. The van der Waals surface area contributed by atoms with Gasteiger partial charge in [-0.15, -0.1) is 10.2 Å². The molecule has 0 aliphatic carbocycles. The predicted molar refractivity (Wildman–Crippen MR) is 107 cm³/mol. The maximum atomic E-state index is 6.51. The molecule has 27 heavy (non-hydrogen) atoms. The van der Waals surface area contributed by atoms with Crippen LogP contribution in [-0.4, -0.2) is 10.2 Å². The lowest BCUT2D eigenvalue weighted by Crippen LogP contribution is -2.35. The number of aromatic nitrogens is 2. The summed E-state index contributed by atoms with van der Waals surface area (Å²) in [7, 11) is 0. The Morgan fingerprint density at radius 1 is 0.778 bits per heavy atom. The van der Waals surface area contributed by atoms with Crippen LogP contribution in [0.3, 0.4) is 0 Å². The van der Waals surface area contributed by atoms with Gasteiger partial charge in [-0.1, -0.05) is 78.9 Å². The molecule has 0 saturated carbocycles. The molecule has 0 amide bonds. The van der Waals surface area contributed by atoms with Crippen molar-refractivity contribution in [2.24, 2.45) is 5.73 Å². The fourth-order valence-corrected chi connectivity index (χ4v) is 3.20. The van der Waals surface area contributed by atoms with Gasteiger partial charge in [-0.3, -0.25) is 0 Å². The van der Waals surface area contributed by atoms with E-state index in [-0.39, 0.29) is 0 Å². The van der Waals surface area contributed by atoms with E-state index in [2.05, 4.69) is 28.4 Å². The van der Waals surface area contributed by atoms with Crippen LogP contribution in [0.4, 0.5) is 0 Å². The van der Waals surface area contributed by atoms with Crippen molar-refractivity contribution in [3.8, 4) is 22.6 Å². The number of benzene rings is 3. The second-order valence-electron chi connectivity index (χ2n) is 6.90. The van der Waals surface area contributed by atoms with Gasteiger partial charge in [0.25, 0.3) is 0 Å². The van der Waals surface area contributed by atoms with Gasteiger partial charge in [-0.05, 0) is 36.1 Å². The molecule has 3 aromatic carbocycles. The van der Waals surface area contributed by atoms with E-state index in [9.17, 15) is 0 Å². The first-order chi connectivity index (χ1) is 13.1. The molecule has 0 unspecified atom stereocenters. The Labute approximate surface area is 158 Å². The Morgan fingerprint density at radius 2 is 1.37 bits per heavy atom. The highest BCUT2D eigenvalue weighted by atomic mass is 16.4. The molecule has 0 aliphatic rings. The van der Waals surface area contributed by atoms with Crippen LogP contribution in [0.5, 0.6) is 0 Å². The number of nitrogens with zero attached hydrogens (tertiary/aromatic N) is 2. The van der Waals surface area contributed by atoms with Crippen LogP contribution in [0.1, 0.15) is 18.4 Å². The molecule has 4 rings (SSSR count). The largest absolute Gasteiger partial charge is 0.419 e. The molecule has 0 bridgehead atoms. The zero-order valence-corrected chi connectivity index (χ0v) is 15.2. The van der Waals surface area contributed by atoms with Crippen molar-refractivity contribution in [3.05, 3.63) is 96.4 Å². The van der Waals surface area contributed by atoms with Gasteiger partial charge in [0.05, 0.1) is 5.54 Å². The Hall–Kier alpha value is -3.24. The van der Waals surface area contributed by atoms with Gasteiger partial charge in [-0.2, -0.15) is 0 Å². The zero-order chi connectivity index (χ0) is 18.7. The third-order valence-corrected chi connectivity index (χ3v) is 4.57. The summed E-state index contributed by atoms with van der Waals surface area (Å²) in [5.41, 5.74) is 9.96. The standard InChI is InChI=1S/C23H21N3O/c1-23(24,16-17-10-4-2-5-11-17)22-26-25-21(27-22)20-15-9-8-14-19(20)18-12-6-3-7-13-18/h2-15H,16,24H2,1H3/t23-/m0/s1. The molecule has 1 atom stereocenters. The maximum Gasteiger partial charge on any atom is 0.248 e. The lowest BCUT2D eigenvalue weighted by Gasteiger charge is -2.20. The Kier molecular flexibility index (Phi) is 4.57. The minimum Gasteiger partial charge on any atom is -0.419 e. The third-order valence-electron chi connectivity index (χ3n) is 4.57. The van der Waals surface area contributed by atoms with Gasteiger partial charge in [0.2, 0.25) is 11.8 Å². The second-order valence-corrected chi connectivity index (χ2v) is 6.90. The summed E-state index contributed by atoms with van der Waals surface area (Å²) in [4.78, 5) is 0. The maximum absolute atomic E-state index is 6.51. The highest BCUT2D eigenvalue weighted by Crippen LogP contribution is 2.32. The van der Waals surface area contributed by atoms with Crippen molar-refractivity contribution in [1.29, 1.82) is 0 Å². The quantitative estimate of drug-likeness (QED) is 0.557. The average Bonchev–Trinajstić information content (AvgIpc) is 3.20. The molecule has 4 aromatic rings. The van der Waals surface area contributed by atoms with Gasteiger partial charge in [-0.25, -0.2) is 0 Å². The minimum atomic E-state index is -0.742. The Balaban J connectivity index is 1.68. The van der Waals surface area contributed by atoms with E-state index in [1.54, 1.807) is 0 Å². The third kappa shape index (κ3) is 3.66. The average molecular weight is 355 g/mol. The second kappa shape index (κ2) is 7.17. The topological polar surface area (TPSA) is 64.9 Å². The van der Waals surface area contributed by atoms with E-state index in [1.807, 2.05) is 73.7 Å². The lowest BCUT2D eigenvalue weighted by molar-refractivity contribution is 0.355. The minimum absolute atomic E-state index is 0.434. The van der Waals surface area contributed by atoms with Crippen molar-refractivity contribution < 1.29 is 4.42 Å². The van der Waals surface area contributed by atoms with Crippen molar-refractivity contribution in [2.45, 2.75) is 18.9 Å². The van der Waals surface area contributed by atoms with E-state index in [0.717, 1.165) is 22.3 Å². The molecule has 0 saturated heterocycles. The molecule has 1 aromatic heterocycles. The summed E-state index contributed by atoms with van der Waals surface area (Å²) in [6, 6.07) is 28.3. The first kappa shape index (κ1) is 17.2. The zero-order valence-electron chi connectivity index (χ0n) is 15.2. The molecule has 0 spiro atoms. The Bertz CT molecular complexity index is 1020. The fraction of sp³-hybridized carbons (Fsp3) is 0.130. The summed E-state index contributed by atoms with van der Waals surface area (Å²) in [6.45, 7) is 1.92. The van der Waals surface area contributed by atoms with Crippen LogP contribution in [-0.2, 0) is 12.0 Å². The first-order valence-corrected chi connectivity index (χ1v) is 8.95. The summed E-state index contributed by atoms with van der Waals surface area (Å²) in [5.74, 6) is 0.915. The molecule has 0 radical (unpaired) electrons. The predicted octanol–water partition coefficient (Wildman–Crippen LogP) is 4.82. The normalized spacial score (nSPS) is 13.3.